The average molecular weight is 305 g/mol. The summed E-state index contributed by atoms with van der Waals surface area (Å²) in [6.45, 7) is 0.605. The highest BCUT2D eigenvalue weighted by molar-refractivity contribution is 5.89. The highest BCUT2D eigenvalue weighted by Gasteiger charge is 2.37. The molecule has 0 unspecified atom stereocenters. The third-order valence-electron chi connectivity index (χ3n) is 4.00. The number of rotatable bonds is 3. The van der Waals surface area contributed by atoms with Gasteiger partial charge in [-0.15, -0.1) is 0 Å². The van der Waals surface area contributed by atoms with Gasteiger partial charge in [-0.25, -0.2) is 0 Å². The molecule has 2 atom stereocenters. The number of benzene rings is 1. The van der Waals surface area contributed by atoms with Crippen molar-refractivity contribution in [3.8, 4) is 11.5 Å². The van der Waals surface area contributed by atoms with E-state index in [1.165, 1.54) is 0 Å². The van der Waals surface area contributed by atoms with Crippen LogP contribution in [0.3, 0.4) is 0 Å². The first-order chi connectivity index (χ1) is 10.6. The molecule has 0 saturated carbocycles. The Morgan fingerprint density at radius 3 is 2.91 bits per heavy atom. The minimum Gasteiger partial charge on any atom is -0.454 e. The van der Waals surface area contributed by atoms with Crippen LogP contribution in [0.15, 0.2) is 18.2 Å². The maximum atomic E-state index is 12.5. The molecule has 0 aliphatic carbocycles. The Bertz CT molecular complexity index is 604. The van der Waals surface area contributed by atoms with Crippen molar-refractivity contribution in [2.75, 3.05) is 20.4 Å². The van der Waals surface area contributed by atoms with Gasteiger partial charge in [-0.2, -0.15) is 0 Å². The van der Waals surface area contributed by atoms with Crippen molar-refractivity contribution in [3.63, 3.8) is 0 Å². The van der Waals surface area contributed by atoms with Crippen LogP contribution in [0.25, 0.3) is 0 Å². The lowest BCUT2D eigenvalue weighted by Crippen LogP contribution is -2.45. The fourth-order valence-electron chi connectivity index (χ4n) is 2.89. The van der Waals surface area contributed by atoms with Crippen LogP contribution in [-0.2, 0) is 16.0 Å². The summed E-state index contributed by atoms with van der Waals surface area (Å²) in [4.78, 5) is 26.0. The summed E-state index contributed by atoms with van der Waals surface area (Å²) in [5.41, 5.74) is 6.73. The molecule has 0 radical (unpaired) electrons. The molecule has 7 nitrogen and oxygen atoms in total. The molecule has 1 aromatic carbocycles. The predicted octanol–water partition coefficient (Wildman–Crippen LogP) is -0.368. The summed E-state index contributed by atoms with van der Waals surface area (Å²) in [6, 6.07) is 4.77. The van der Waals surface area contributed by atoms with E-state index in [4.69, 9.17) is 15.2 Å². The van der Waals surface area contributed by atoms with Gasteiger partial charge in [-0.3, -0.25) is 9.59 Å². The van der Waals surface area contributed by atoms with Gasteiger partial charge in [-0.1, -0.05) is 6.07 Å². The summed E-state index contributed by atoms with van der Waals surface area (Å²) < 4.78 is 10.6. The number of hydrogen-bond donors (Lipinski definition) is 2. The highest BCUT2D eigenvalue weighted by Crippen LogP contribution is 2.32. The molecule has 118 valence electrons. The van der Waals surface area contributed by atoms with Gasteiger partial charge < -0.3 is 25.4 Å². The number of ether oxygens (including phenoxy) is 2. The van der Waals surface area contributed by atoms with Crippen LogP contribution in [-0.4, -0.2) is 49.2 Å². The van der Waals surface area contributed by atoms with Gasteiger partial charge in [-0.05, 0) is 24.1 Å². The molecule has 3 rings (SSSR count). The summed E-state index contributed by atoms with van der Waals surface area (Å²) in [5, 5.41) is 2.59. The van der Waals surface area contributed by atoms with Crippen molar-refractivity contribution in [1.82, 2.24) is 10.2 Å². The molecule has 0 spiro atoms. The monoisotopic (exact) mass is 305 g/mol. The van der Waals surface area contributed by atoms with Gasteiger partial charge in [0.1, 0.15) is 6.04 Å². The summed E-state index contributed by atoms with van der Waals surface area (Å²) in [5.74, 6) is 1.04. The van der Waals surface area contributed by atoms with Crippen molar-refractivity contribution >= 4 is 11.8 Å². The van der Waals surface area contributed by atoms with Crippen LogP contribution in [0.2, 0.25) is 0 Å². The number of hydrogen-bond acceptors (Lipinski definition) is 5. The minimum atomic E-state index is -0.485. The lowest BCUT2D eigenvalue weighted by molar-refractivity contribution is -0.137. The van der Waals surface area contributed by atoms with E-state index in [9.17, 15) is 9.59 Å². The van der Waals surface area contributed by atoms with E-state index in [1.807, 2.05) is 6.07 Å². The van der Waals surface area contributed by atoms with Gasteiger partial charge in [0.05, 0.1) is 6.42 Å². The molecule has 22 heavy (non-hydrogen) atoms. The molecule has 1 fully saturated rings. The Morgan fingerprint density at radius 1 is 1.36 bits per heavy atom. The first kappa shape index (κ1) is 14.6. The summed E-state index contributed by atoms with van der Waals surface area (Å²) in [6.07, 6.45) is 0.698. The van der Waals surface area contributed by atoms with Crippen molar-refractivity contribution in [2.24, 2.45) is 5.73 Å². The SMILES string of the molecule is CNC(=O)[C@@H]1C[C@H](N)CN1C(=O)Cc1ccc2c(c1)OCO2. The number of likely N-dealkylation sites (N-methyl/N-ethyl adjacent to an activating group) is 1. The van der Waals surface area contributed by atoms with Crippen LogP contribution >= 0.6 is 0 Å². The van der Waals surface area contributed by atoms with Gasteiger partial charge in [0, 0.05) is 19.6 Å². The molecule has 0 aromatic heterocycles. The first-order valence-corrected chi connectivity index (χ1v) is 7.23. The molecule has 0 bridgehead atoms. The molecule has 3 N–H and O–H groups in total. The van der Waals surface area contributed by atoms with Gasteiger partial charge >= 0.3 is 0 Å². The van der Waals surface area contributed by atoms with Crippen LogP contribution in [0.5, 0.6) is 11.5 Å². The summed E-state index contributed by atoms with van der Waals surface area (Å²) in [7, 11) is 1.56. The molecule has 1 aromatic rings. The fraction of sp³-hybridized carbons (Fsp3) is 0.467. The standard InChI is InChI=1S/C15H19N3O4/c1-17-15(20)11-6-10(16)7-18(11)14(19)5-9-2-3-12-13(4-9)22-8-21-12/h2-4,10-11H,5-8,16H2,1H3,(H,17,20)/t10-,11-/m0/s1. The summed E-state index contributed by atoms with van der Waals surface area (Å²) >= 11 is 0. The molecule has 7 heteroatoms. The van der Waals surface area contributed by atoms with Crippen LogP contribution in [0.4, 0.5) is 0 Å². The third-order valence-corrected chi connectivity index (χ3v) is 4.00. The quantitative estimate of drug-likeness (QED) is 0.795. The largest absolute Gasteiger partial charge is 0.454 e. The molecular weight excluding hydrogens is 286 g/mol. The van der Waals surface area contributed by atoms with E-state index in [-0.39, 0.29) is 31.1 Å². The Morgan fingerprint density at radius 2 is 2.14 bits per heavy atom. The maximum absolute atomic E-state index is 12.5. The van der Waals surface area contributed by atoms with E-state index in [2.05, 4.69) is 5.32 Å². The highest BCUT2D eigenvalue weighted by atomic mass is 16.7. The maximum Gasteiger partial charge on any atom is 0.242 e. The molecule has 2 aliphatic rings. The van der Waals surface area contributed by atoms with E-state index in [0.29, 0.717) is 24.5 Å². The number of carbonyl (C=O) groups excluding carboxylic acids is 2. The van der Waals surface area contributed by atoms with E-state index >= 15 is 0 Å². The van der Waals surface area contributed by atoms with Crippen molar-refractivity contribution in [3.05, 3.63) is 23.8 Å². The molecular formula is C15H19N3O4. The number of fused-ring (bicyclic) bond motifs is 1. The number of carbonyl (C=O) groups is 2. The van der Waals surface area contributed by atoms with E-state index in [1.54, 1.807) is 24.1 Å². The molecule has 2 heterocycles. The van der Waals surface area contributed by atoms with Crippen molar-refractivity contribution in [1.29, 1.82) is 0 Å². The average Bonchev–Trinajstić information content (AvgIpc) is 3.12. The minimum absolute atomic E-state index is 0.111. The molecule has 2 amide bonds. The van der Waals surface area contributed by atoms with Gasteiger partial charge in [0.25, 0.3) is 0 Å². The van der Waals surface area contributed by atoms with Crippen molar-refractivity contribution < 1.29 is 19.1 Å². The normalized spacial score (nSPS) is 22.7. The molecule has 2 aliphatic heterocycles. The Hall–Kier alpha value is -2.28. The van der Waals surface area contributed by atoms with Gasteiger partial charge in [0.15, 0.2) is 11.5 Å². The number of likely N-dealkylation sites (tertiary alicyclic amines) is 1. The topological polar surface area (TPSA) is 93.9 Å². The van der Waals surface area contributed by atoms with Crippen LogP contribution in [0, 0.1) is 0 Å². The molecule has 1 saturated heterocycles. The second-order valence-corrected chi connectivity index (χ2v) is 5.54. The Labute approximate surface area is 128 Å². The lowest BCUT2D eigenvalue weighted by Gasteiger charge is -2.23. The number of amides is 2. The predicted molar refractivity (Wildman–Crippen MR) is 78.4 cm³/mol. The second kappa shape index (κ2) is 5.84. The third kappa shape index (κ3) is 2.71. The fourth-order valence-corrected chi connectivity index (χ4v) is 2.89. The van der Waals surface area contributed by atoms with E-state index < -0.39 is 6.04 Å². The second-order valence-electron chi connectivity index (χ2n) is 5.54. The number of nitrogens with one attached hydrogen (secondary N) is 1. The van der Waals surface area contributed by atoms with E-state index in [0.717, 1.165) is 5.56 Å². The smallest absolute Gasteiger partial charge is 0.242 e. The van der Waals surface area contributed by atoms with Gasteiger partial charge in [0.2, 0.25) is 18.6 Å². The van der Waals surface area contributed by atoms with Crippen molar-refractivity contribution in [2.45, 2.75) is 24.9 Å². The zero-order chi connectivity index (χ0) is 15.7. The Kier molecular flexibility index (Phi) is 3.89. The van der Waals surface area contributed by atoms with Crippen LogP contribution in [0.1, 0.15) is 12.0 Å². The van der Waals surface area contributed by atoms with Crippen LogP contribution < -0.4 is 20.5 Å². The zero-order valence-corrected chi connectivity index (χ0v) is 12.4. The number of nitrogens with two attached hydrogens (primary N) is 1. The first-order valence-electron chi connectivity index (χ1n) is 7.23. The number of nitrogens with zero attached hydrogens (tertiary/aromatic N) is 1. The zero-order valence-electron chi connectivity index (χ0n) is 12.4. The lowest BCUT2D eigenvalue weighted by atomic mass is 10.1. The Balaban J connectivity index is 1.72.